The predicted octanol–water partition coefficient (Wildman–Crippen LogP) is 4.02. The molecule has 4 N–H and O–H groups in total. The number of amides is 2. The van der Waals surface area contributed by atoms with Crippen molar-refractivity contribution in [2.24, 2.45) is 10.9 Å². The molecule has 0 saturated heterocycles. The minimum atomic E-state index is -4.74. The molecule has 0 aliphatic rings. The molecule has 2 aromatic carbocycles. The third-order valence-electron chi connectivity index (χ3n) is 4.26. The van der Waals surface area contributed by atoms with Crippen molar-refractivity contribution in [3.63, 3.8) is 0 Å². The van der Waals surface area contributed by atoms with Crippen molar-refractivity contribution in [3.05, 3.63) is 59.2 Å². The Hall–Kier alpha value is -2.74. The van der Waals surface area contributed by atoms with Gasteiger partial charge in [0.1, 0.15) is 0 Å². The van der Waals surface area contributed by atoms with Crippen LogP contribution in [0, 0.1) is 0 Å². The quantitative estimate of drug-likeness (QED) is 0.507. The minimum Gasteiger partial charge on any atom is -0.350 e. The van der Waals surface area contributed by atoms with Gasteiger partial charge in [-0.2, -0.15) is 18.3 Å². The number of nitrogens with zero attached hydrogens (tertiary/aromatic N) is 3. The number of sulfonamides is 1. The maximum absolute atomic E-state index is 13.4. The summed E-state index contributed by atoms with van der Waals surface area (Å²) in [7, 11) is -3.99. The van der Waals surface area contributed by atoms with Gasteiger partial charge in [-0.1, -0.05) is 11.6 Å². The molecule has 1 heterocycles. The van der Waals surface area contributed by atoms with Gasteiger partial charge < -0.3 is 5.73 Å². The van der Waals surface area contributed by atoms with E-state index < -0.39 is 27.9 Å². The molecule has 8 nitrogen and oxygen atoms in total. The van der Waals surface area contributed by atoms with Crippen LogP contribution in [0.25, 0.3) is 16.9 Å². The largest absolute Gasteiger partial charge is 0.435 e. The topological polar surface area (TPSA) is 124 Å². The number of anilines is 1. The Kier molecular flexibility index (Phi) is 6.47. The molecule has 0 aliphatic heterocycles. The van der Waals surface area contributed by atoms with Crippen LogP contribution in [0.5, 0.6) is 0 Å². The third kappa shape index (κ3) is 4.85. The Morgan fingerprint density at radius 3 is 2.25 bits per heavy atom. The van der Waals surface area contributed by atoms with Crippen LogP contribution in [0.3, 0.4) is 0 Å². The fourth-order valence-electron chi connectivity index (χ4n) is 2.85. The lowest BCUT2D eigenvalue weighted by molar-refractivity contribution is -0.141. The molecule has 3 aromatic rings. The van der Waals surface area contributed by atoms with Crippen molar-refractivity contribution in [3.8, 4) is 16.9 Å². The first-order valence-electron chi connectivity index (χ1n) is 8.57. The Bertz CT molecular complexity index is 1280. The lowest BCUT2D eigenvalue weighted by atomic mass is 10.1. The summed E-state index contributed by atoms with van der Waals surface area (Å²) in [4.78, 5) is 11.3. The van der Waals surface area contributed by atoms with E-state index in [0.29, 0.717) is 5.69 Å². The molecular weight excluding hydrogens is 491 g/mol. The summed E-state index contributed by atoms with van der Waals surface area (Å²) in [6.45, 7) is 0. The second-order valence-corrected chi connectivity index (χ2v) is 9.04. The van der Waals surface area contributed by atoms with E-state index in [-0.39, 0.29) is 26.9 Å². The summed E-state index contributed by atoms with van der Waals surface area (Å²) in [5, 5.41) is 8.73. The fourth-order valence-corrected chi connectivity index (χ4v) is 4.14. The lowest BCUT2D eigenvalue weighted by Gasteiger charge is -2.18. The van der Waals surface area contributed by atoms with Crippen molar-refractivity contribution in [1.82, 2.24) is 9.78 Å². The van der Waals surface area contributed by atoms with Crippen LogP contribution >= 0.6 is 23.5 Å². The molecule has 0 spiro atoms. The van der Waals surface area contributed by atoms with E-state index in [1.807, 2.05) is 0 Å². The molecule has 0 atom stereocenters. The molecule has 170 valence electrons. The molecular formula is C18H15ClF3N5O3S2. The Balaban J connectivity index is 2.16. The molecule has 0 saturated carbocycles. The fraction of sp³-hybridized carbons (Fsp3) is 0.111. The average Bonchev–Trinajstić information content (AvgIpc) is 3.13. The van der Waals surface area contributed by atoms with Crippen LogP contribution in [0.4, 0.5) is 23.7 Å². The van der Waals surface area contributed by atoms with Crippen molar-refractivity contribution in [2.45, 2.75) is 11.1 Å². The highest BCUT2D eigenvalue weighted by molar-refractivity contribution is 8.00. The van der Waals surface area contributed by atoms with Crippen LogP contribution in [-0.2, 0) is 16.2 Å². The Morgan fingerprint density at radius 2 is 1.78 bits per heavy atom. The number of carbonyl (C=O) groups excluding carboxylic acids is 1. The number of rotatable bonds is 5. The Labute approximate surface area is 190 Å². The summed E-state index contributed by atoms with van der Waals surface area (Å²) in [6.07, 6.45) is -3.13. The molecule has 0 bridgehead atoms. The number of benzene rings is 2. The first kappa shape index (κ1) is 23.9. The summed E-state index contributed by atoms with van der Waals surface area (Å²) < 4.78 is 65.2. The van der Waals surface area contributed by atoms with Gasteiger partial charge in [0.25, 0.3) is 0 Å². The number of nitrogens with two attached hydrogens (primary N) is 2. The summed E-state index contributed by atoms with van der Waals surface area (Å²) in [6, 6.07) is 9.17. The van der Waals surface area contributed by atoms with E-state index in [1.165, 1.54) is 30.3 Å². The molecule has 0 fully saturated rings. The number of alkyl halides is 3. The van der Waals surface area contributed by atoms with E-state index in [1.54, 1.807) is 6.26 Å². The minimum absolute atomic E-state index is 0.00740. The van der Waals surface area contributed by atoms with Crippen LogP contribution in [0.15, 0.2) is 53.4 Å². The molecule has 14 heteroatoms. The normalized spacial score (nSPS) is 12.1. The van der Waals surface area contributed by atoms with Gasteiger partial charge in [-0.25, -0.2) is 27.3 Å². The second-order valence-electron chi connectivity index (χ2n) is 6.34. The number of primary sulfonamides is 1. The predicted molar refractivity (Wildman–Crippen MR) is 116 cm³/mol. The van der Waals surface area contributed by atoms with Crippen molar-refractivity contribution < 1.29 is 26.4 Å². The van der Waals surface area contributed by atoms with E-state index in [0.717, 1.165) is 39.1 Å². The summed E-state index contributed by atoms with van der Waals surface area (Å²) >= 11 is 7.36. The first-order valence-corrected chi connectivity index (χ1v) is 11.7. The standard InChI is InChI=1S/C18H15ClF3N5O3S2/c1-31-27(17(23)28)11-4-7-13(14(19)8-11)15-9-16(18(20,21)22)25-26(15)10-2-5-12(6-3-10)32(24,29)30/h2-9H,1H3,(H2,23,28)(H2,24,29,30). The maximum atomic E-state index is 13.4. The van der Waals surface area contributed by atoms with Crippen molar-refractivity contribution in [2.75, 3.05) is 10.6 Å². The molecule has 0 aliphatic carbocycles. The number of carbonyl (C=O) groups is 1. The zero-order valence-electron chi connectivity index (χ0n) is 16.2. The number of aromatic nitrogens is 2. The van der Waals surface area contributed by atoms with Gasteiger partial charge in [-0.3, -0.25) is 0 Å². The van der Waals surface area contributed by atoms with Gasteiger partial charge in [0.15, 0.2) is 5.69 Å². The van der Waals surface area contributed by atoms with E-state index >= 15 is 0 Å². The van der Waals surface area contributed by atoms with Crippen LogP contribution in [0.1, 0.15) is 5.69 Å². The SMILES string of the molecule is CSN(C(N)=O)c1ccc(-c2cc(C(F)(F)F)nn2-c2ccc(S(N)(=O)=O)cc2)c(Cl)c1. The highest BCUT2D eigenvalue weighted by atomic mass is 35.5. The second kappa shape index (κ2) is 8.65. The van der Waals surface area contributed by atoms with Gasteiger partial charge in [0.05, 0.1) is 27.0 Å². The smallest absolute Gasteiger partial charge is 0.350 e. The monoisotopic (exact) mass is 505 g/mol. The van der Waals surface area contributed by atoms with Crippen LogP contribution in [0.2, 0.25) is 5.02 Å². The molecule has 3 rings (SSSR count). The van der Waals surface area contributed by atoms with Gasteiger partial charge in [0.2, 0.25) is 10.0 Å². The van der Waals surface area contributed by atoms with Gasteiger partial charge in [-0.05, 0) is 60.5 Å². The Morgan fingerprint density at radius 1 is 1.16 bits per heavy atom. The average molecular weight is 506 g/mol. The van der Waals surface area contributed by atoms with Crippen LogP contribution < -0.4 is 15.2 Å². The maximum Gasteiger partial charge on any atom is 0.435 e. The van der Waals surface area contributed by atoms with E-state index in [2.05, 4.69) is 5.10 Å². The summed E-state index contributed by atoms with van der Waals surface area (Å²) in [5.41, 5.74) is 4.79. The number of hydrogen-bond acceptors (Lipinski definition) is 5. The molecule has 1 aromatic heterocycles. The zero-order valence-corrected chi connectivity index (χ0v) is 18.6. The number of primary amides is 1. The molecule has 0 unspecified atom stereocenters. The van der Waals surface area contributed by atoms with Gasteiger partial charge in [0, 0.05) is 11.8 Å². The molecule has 32 heavy (non-hydrogen) atoms. The van der Waals surface area contributed by atoms with Crippen molar-refractivity contribution in [1.29, 1.82) is 0 Å². The zero-order chi connectivity index (χ0) is 23.8. The molecule has 0 radical (unpaired) electrons. The number of urea groups is 1. The van der Waals surface area contributed by atoms with Crippen LogP contribution in [-0.4, -0.2) is 30.5 Å². The van der Waals surface area contributed by atoms with E-state index in [4.69, 9.17) is 22.5 Å². The number of halogens is 4. The number of hydrogen-bond donors (Lipinski definition) is 2. The van der Waals surface area contributed by atoms with E-state index in [9.17, 15) is 26.4 Å². The van der Waals surface area contributed by atoms with Crippen molar-refractivity contribution >= 4 is 45.3 Å². The lowest BCUT2D eigenvalue weighted by Crippen LogP contribution is -2.29. The molecule has 2 amide bonds. The first-order chi connectivity index (χ1) is 14.8. The van der Waals surface area contributed by atoms with Gasteiger partial charge >= 0.3 is 12.2 Å². The third-order valence-corrected chi connectivity index (χ3v) is 6.25. The highest BCUT2D eigenvalue weighted by Gasteiger charge is 2.35. The highest BCUT2D eigenvalue weighted by Crippen LogP contribution is 2.37. The van der Waals surface area contributed by atoms with Gasteiger partial charge in [-0.15, -0.1) is 0 Å². The summed E-state index contributed by atoms with van der Waals surface area (Å²) in [5.74, 6) is 0.